The Bertz CT molecular complexity index is 849. The van der Waals surface area contributed by atoms with E-state index in [2.05, 4.69) is 11.4 Å². The SMILES string of the molecule is Cc1cc(C(=O)N[C@H](c2ccc3c(c2)CCO3)C2CC(O)C2)c(C)n1C. The van der Waals surface area contributed by atoms with Crippen molar-refractivity contribution in [1.29, 1.82) is 0 Å². The highest BCUT2D eigenvalue weighted by Crippen LogP contribution is 2.40. The van der Waals surface area contributed by atoms with E-state index in [9.17, 15) is 9.90 Å². The monoisotopic (exact) mass is 354 g/mol. The molecule has 5 heteroatoms. The van der Waals surface area contributed by atoms with Crippen molar-refractivity contribution in [3.8, 4) is 5.75 Å². The van der Waals surface area contributed by atoms with Gasteiger partial charge in [-0.05, 0) is 61.9 Å². The average Bonchev–Trinajstić information content (AvgIpc) is 3.16. The molecule has 0 saturated heterocycles. The van der Waals surface area contributed by atoms with Gasteiger partial charge in [0, 0.05) is 24.9 Å². The number of rotatable bonds is 4. The lowest BCUT2D eigenvalue weighted by Crippen LogP contribution is -2.41. The molecule has 1 saturated carbocycles. The van der Waals surface area contributed by atoms with Gasteiger partial charge >= 0.3 is 0 Å². The van der Waals surface area contributed by atoms with Gasteiger partial charge in [-0.3, -0.25) is 4.79 Å². The highest BCUT2D eigenvalue weighted by atomic mass is 16.5. The second-order valence-corrected chi connectivity index (χ2v) is 7.65. The lowest BCUT2D eigenvalue weighted by atomic mass is 9.74. The van der Waals surface area contributed by atoms with Crippen LogP contribution in [-0.4, -0.2) is 28.3 Å². The molecule has 1 fully saturated rings. The lowest BCUT2D eigenvalue weighted by Gasteiger charge is -2.38. The smallest absolute Gasteiger partial charge is 0.253 e. The van der Waals surface area contributed by atoms with Crippen LogP contribution in [0.1, 0.15) is 51.8 Å². The number of aryl methyl sites for hydroxylation is 1. The number of aromatic nitrogens is 1. The van der Waals surface area contributed by atoms with E-state index in [0.29, 0.717) is 0 Å². The second-order valence-electron chi connectivity index (χ2n) is 7.65. The van der Waals surface area contributed by atoms with Crippen LogP contribution in [0.5, 0.6) is 5.75 Å². The topological polar surface area (TPSA) is 63.5 Å². The molecule has 138 valence electrons. The summed E-state index contributed by atoms with van der Waals surface area (Å²) in [6.45, 7) is 4.70. The molecule has 26 heavy (non-hydrogen) atoms. The van der Waals surface area contributed by atoms with Crippen LogP contribution in [0.25, 0.3) is 0 Å². The molecule has 1 aliphatic carbocycles. The Morgan fingerprint density at radius 3 is 2.73 bits per heavy atom. The molecule has 1 atom stereocenters. The summed E-state index contributed by atoms with van der Waals surface area (Å²) in [4.78, 5) is 13.0. The molecule has 1 aromatic carbocycles. The largest absolute Gasteiger partial charge is 0.493 e. The number of ether oxygens (including phenoxy) is 1. The van der Waals surface area contributed by atoms with Gasteiger partial charge in [0.1, 0.15) is 5.75 Å². The Morgan fingerprint density at radius 1 is 1.31 bits per heavy atom. The van der Waals surface area contributed by atoms with Crippen molar-refractivity contribution in [2.45, 2.75) is 45.3 Å². The van der Waals surface area contributed by atoms with Crippen molar-refractivity contribution in [2.75, 3.05) is 6.61 Å². The van der Waals surface area contributed by atoms with Gasteiger partial charge in [0.25, 0.3) is 5.91 Å². The molecule has 0 spiro atoms. The van der Waals surface area contributed by atoms with Crippen molar-refractivity contribution in [2.24, 2.45) is 13.0 Å². The number of aliphatic hydroxyl groups is 1. The minimum Gasteiger partial charge on any atom is -0.493 e. The van der Waals surface area contributed by atoms with E-state index in [1.165, 1.54) is 5.56 Å². The molecule has 2 aromatic rings. The van der Waals surface area contributed by atoms with Gasteiger partial charge in [0.15, 0.2) is 0 Å². The van der Waals surface area contributed by atoms with E-state index in [4.69, 9.17) is 4.74 Å². The van der Waals surface area contributed by atoms with E-state index >= 15 is 0 Å². The maximum absolute atomic E-state index is 13.0. The number of amides is 1. The maximum atomic E-state index is 13.0. The number of carbonyl (C=O) groups is 1. The van der Waals surface area contributed by atoms with Crippen LogP contribution in [-0.2, 0) is 13.5 Å². The highest BCUT2D eigenvalue weighted by Gasteiger charge is 2.36. The maximum Gasteiger partial charge on any atom is 0.253 e. The third-order valence-electron chi connectivity index (χ3n) is 6.00. The molecule has 1 aliphatic heterocycles. The molecule has 5 nitrogen and oxygen atoms in total. The number of fused-ring (bicyclic) bond motifs is 1. The van der Waals surface area contributed by atoms with E-state index in [-0.39, 0.29) is 24.0 Å². The Morgan fingerprint density at radius 2 is 2.08 bits per heavy atom. The summed E-state index contributed by atoms with van der Waals surface area (Å²) in [5, 5.41) is 13.0. The van der Waals surface area contributed by atoms with E-state index in [1.54, 1.807) is 0 Å². The molecule has 2 N–H and O–H groups in total. The zero-order valence-corrected chi connectivity index (χ0v) is 15.6. The number of hydrogen-bond donors (Lipinski definition) is 2. The van der Waals surface area contributed by atoms with E-state index < -0.39 is 0 Å². The number of benzene rings is 1. The van der Waals surface area contributed by atoms with Gasteiger partial charge in [0.2, 0.25) is 0 Å². The Labute approximate surface area is 154 Å². The van der Waals surface area contributed by atoms with Crippen LogP contribution in [0, 0.1) is 19.8 Å². The van der Waals surface area contributed by atoms with Crippen molar-refractivity contribution in [3.05, 3.63) is 52.3 Å². The normalized spacial score (nSPS) is 22.3. The molecule has 2 heterocycles. The quantitative estimate of drug-likeness (QED) is 0.887. The molecular formula is C21H26N2O3. The summed E-state index contributed by atoms with van der Waals surface area (Å²) in [7, 11) is 1.97. The second kappa shape index (κ2) is 6.47. The number of nitrogens with one attached hydrogen (secondary N) is 1. The van der Waals surface area contributed by atoms with Crippen LogP contribution in [0.2, 0.25) is 0 Å². The van der Waals surface area contributed by atoms with E-state index in [0.717, 1.165) is 54.1 Å². The van der Waals surface area contributed by atoms with Gasteiger partial charge in [0.05, 0.1) is 24.3 Å². The van der Waals surface area contributed by atoms with E-state index in [1.807, 2.05) is 43.7 Å². The molecule has 2 aliphatic rings. The average molecular weight is 354 g/mol. The first-order chi connectivity index (χ1) is 12.4. The fraction of sp³-hybridized carbons (Fsp3) is 0.476. The number of nitrogens with zero attached hydrogens (tertiary/aromatic N) is 1. The van der Waals surface area contributed by atoms with Gasteiger partial charge in [-0.2, -0.15) is 0 Å². The molecule has 0 bridgehead atoms. The first-order valence-electron chi connectivity index (χ1n) is 9.31. The molecular weight excluding hydrogens is 328 g/mol. The fourth-order valence-electron chi connectivity index (χ4n) is 4.08. The number of carbonyl (C=O) groups excluding carboxylic acids is 1. The van der Waals surface area contributed by atoms with Gasteiger partial charge in [-0.25, -0.2) is 0 Å². The molecule has 4 rings (SSSR count). The highest BCUT2D eigenvalue weighted by molar-refractivity contribution is 5.96. The Kier molecular flexibility index (Phi) is 4.27. The van der Waals surface area contributed by atoms with Gasteiger partial charge in [-0.1, -0.05) is 6.07 Å². The third kappa shape index (κ3) is 2.90. The van der Waals surface area contributed by atoms with Crippen molar-refractivity contribution in [1.82, 2.24) is 9.88 Å². The minimum atomic E-state index is -0.252. The minimum absolute atomic E-state index is 0.0469. The number of hydrogen-bond acceptors (Lipinski definition) is 3. The van der Waals surface area contributed by atoms with Gasteiger partial charge < -0.3 is 19.7 Å². The zero-order chi connectivity index (χ0) is 18.4. The zero-order valence-electron chi connectivity index (χ0n) is 15.6. The molecule has 1 amide bonds. The van der Waals surface area contributed by atoms with Crippen LogP contribution in [0.15, 0.2) is 24.3 Å². The number of aliphatic hydroxyl groups excluding tert-OH is 1. The first kappa shape index (κ1) is 17.2. The molecule has 0 radical (unpaired) electrons. The molecule has 0 unspecified atom stereocenters. The predicted octanol–water partition coefficient (Wildman–Crippen LogP) is 2.82. The van der Waals surface area contributed by atoms with Crippen molar-refractivity contribution in [3.63, 3.8) is 0 Å². The van der Waals surface area contributed by atoms with Crippen LogP contribution >= 0.6 is 0 Å². The summed E-state index contributed by atoms with van der Waals surface area (Å²) < 4.78 is 7.63. The summed E-state index contributed by atoms with van der Waals surface area (Å²) in [6.07, 6.45) is 2.11. The van der Waals surface area contributed by atoms with Crippen LogP contribution in [0.4, 0.5) is 0 Å². The Hall–Kier alpha value is -2.27. The standard InChI is InChI=1S/C21H26N2O3/c1-12-8-18(13(2)23(12)3)21(25)22-20(16-10-17(24)11-16)15-4-5-19-14(9-15)6-7-26-19/h4-5,8-9,16-17,20,24H,6-7,10-11H2,1-3H3,(H,22,25)/t16?,17?,20-/m1/s1. The van der Waals surface area contributed by atoms with Crippen molar-refractivity contribution >= 4 is 5.91 Å². The fourth-order valence-corrected chi connectivity index (χ4v) is 4.08. The van der Waals surface area contributed by atoms with Crippen LogP contribution in [0.3, 0.4) is 0 Å². The summed E-state index contributed by atoms with van der Waals surface area (Å²) in [6, 6.07) is 8.05. The lowest BCUT2D eigenvalue weighted by molar-refractivity contribution is 0.0235. The van der Waals surface area contributed by atoms with Crippen molar-refractivity contribution < 1.29 is 14.6 Å². The predicted molar refractivity (Wildman–Crippen MR) is 99.5 cm³/mol. The summed E-state index contributed by atoms with van der Waals surface area (Å²) in [5.41, 5.74) is 5.06. The first-order valence-corrected chi connectivity index (χ1v) is 9.31. The van der Waals surface area contributed by atoms with Gasteiger partial charge in [-0.15, -0.1) is 0 Å². The molecule has 1 aromatic heterocycles. The summed E-state index contributed by atoms with van der Waals surface area (Å²) >= 11 is 0. The third-order valence-corrected chi connectivity index (χ3v) is 6.00. The Balaban J connectivity index is 1.61. The van der Waals surface area contributed by atoms with Crippen LogP contribution < -0.4 is 10.1 Å². The summed E-state index contributed by atoms with van der Waals surface area (Å²) in [5.74, 6) is 1.16.